The van der Waals surface area contributed by atoms with Crippen LogP contribution >= 0.6 is 0 Å². The van der Waals surface area contributed by atoms with E-state index >= 15 is 0 Å². The minimum absolute atomic E-state index is 0.0337. The number of guanidine groups is 1. The second-order valence-corrected chi connectivity index (χ2v) is 4.89. The molecule has 0 fully saturated rings. The molecule has 0 aliphatic rings. The van der Waals surface area contributed by atoms with Gasteiger partial charge in [0.25, 0.3) is 0 Å². The molecule has 2 aromatic carbocycles. The number of benzene rings is 2. The zero-order valence-corrected chi connectivity index (χ0v) is 12.4. The Bertz CT molecular complexity index is 631. The summed E-state index contributed by atoms with van der Waals surface area (Å²) in [7, 11) is 0. The van der Waals surface area contributed by atoms with Crippen molar-refractivity contribution in [1.82, 2.24) is 0 Å². The Balaban J connectivity index is 1.92. The zero-order chi connectivity index (χ0) is 15.9. The minimum atomic E-state index is -0.558. The van der Waals surface area contributed by atoms with E-state index in [0.29, 0.717) is 0 Å². The molecule has 0 radical (unpaired) electrons. The van der Waals surface area contributed by atoms with Crippen molar-refractivity contribution in [3.8, 4) is 0 Å². The Morgan fingerprint density at radius 2 is 1.73 bits per heavy atom. The molecule has 22 heavy (non-hydrogen) atoms. The number of nitrogens with two attached hydrogens (primary N) is 1. The van der Waals surface area contributed by atoms with E-state index in [9.17, 15) is 8.78 Å². The maximum absolute atomic E-state index is 13.5. The number of aryl methyl sites for hydroxylation is 1. The lowest BCUT2D eigenvalue weighted by molar-refractivity contribution is 0.556. The number of rotatable bonds is 5. The van der Waals surface area contributed by atoms with Crippen LogP contribution in [-0.4, -0.2) is 12.5 Å². The molecule has 0 saturated carbocycles. The lowest BCUT2D eigenvalue weighted by atomic mass is 10.1. The number of halogens is 2. The lowest BCUT2D eigenvalue weighted by Gasteiger charge is -2.07. The lowest BCUT2D eigenvalue weighted by Crippen LogP contribution is -2.23. The Labute approximate surface area is 128 Å². The third kappa shape index (κ3) is 4.28. The van der Waals surface area contributed by atoms with E-state index in [0.717, 1.165) is 12.1 Å². The highest BCUT2D eigenvalue weighted by Crippen LogP contribution is 2.13. The number of hydrogen-bond acceptors (Lipinski definition) is 1. The number of hydrogen-bond donors (Lipinski definition) is 2. The van der Waals surface area contributed by atoms with Crippen LogP contribution in [0.1, 0.15) is 18.1 Å². The van der Waals surface area contributed by atoms with E-state index in [1.54, 1.807) is 0 Å². The molecule has 3 N–H and O–H groups in total. The second-order valence-electron chi connectivity index (χ2n) is 4.89. The summed E-state index contributed by atoms with van der Waals surface area (Å²) < 4.78 is 26.9. The molecular formula is C17H19F2N3. The van der Waals surface area contributed by atoms with Crippen LogP contribution in [0.5, 0.6) is 0 Å². The topological polar surface area (TPSA) is 50.4 Å². The number of anilines is 1. The van der Waals surface area contributed by atoms with Crippen LogP contribution in [-0.2, 0) is 12.8 Å². The van der Waals surface area contributed by atoms with Crippen LogP contribution in [0.2, 0.25) is 0 Å². The summed E-state index contributed by atoms with van der Waals surface area (Å²) in [6.45, 7) is 2.30. The summed E-state index contributed by atoms with van der Waals surface area (Å²) >= 11 is 0. The van der Waals surface area contributed by atoms with Gasteiger partial charge in [-0.25, -0.2) is 8.78 Å². The number of nitrogens with one attached hydrogen (secondary N) is 1. The molecule has 5 heteroatoms. The summed E-state index contributed by atoms with van der Waals surface area (Å²) in [6, 6.07) is 11.6. The van der Waals surface area contributed by atoms with Crippen molar-refractivity contribution in [3.63, 3.8) is 0 Å². The zero-order valence-electron chi connectivity index (χ0n) is 12.4. The highest BCUT2D eigenvalue weighted by atomic mass is 19.1. The summed E-state index contributed by atoms with van der Waals surface area (Å²) in [6.07, 6.45) is 1.13. The molecule has 0 aromatic heterocycles. The first-order valence-corrected chi connectivity index (χ1v) is 7.19. The Morgan fingerprint density at radius 1 is 1.09 bits per heavy atom. The monoisotopic (exact) mass is 303 g/mol. The first-order chi connectivity index (χ1) is 10.6. The molecule has 0 heterocycles. The molecule has 0 aliphatic carbocycles. The highest BCUT2D eigenvalue weighted by Gasteiger charge is 2.07. The van der Waals surface area contributed by atoms with E-state index in [1.807, 2.05) is 24.3 Å². The number of aliphatic imine (C=N–C) groups is 1. The molecule has 0 unspecified atom stereocenters. The second kappa shape index (κ2) is 7.54. The Hall–Kier alpha value is -2.43. The van der Waals surface area contributed by atoms with Crippen LogP contribution in [0.4, 0.5) is 14.5 Å². The largest absolute Gasteiger partial charge is 0.370 e. The van der Waals surface area contributed by atoms with Crippen molar-refractivity contribution >= 4 is 11.6 Å². The van der Waals surface area contributed by atoms with E-state index in [1.165, 1.54) is 23.8 Å². The van der Waals surface area contributed by atoms with Crippen molar-refractivity contribution in [2.24, 2.45) is 10.7 Å². The van der Waals surface area contributed by atoms with Gasteiger partial charge in [-0.15, -0.1) is 0 Å². The molecule has 2 aromatic rings. The number of nitrogens with zero attached hydrogens (tertiary/aromatic N) is 1. The smallest absolute Gasteiger partial charge is 0.193 e. The molecule has 2 rings (SSSR count). The standard InChI is InChI=1S/C17H19F2N3/c1-2-12-6-8-13(9-7-12)22-17(20)21-11-10-14-15(18)4-3-5-16(14)19/h3-9H,2,10-11H2,1H3,(H3,20,21,22). The third-order valence-corrected chi connectivity index (χ3v) is 3.34. The molecule has 0 saturated heterocycles. The predicted molar refractivity (Wildman–Crippen MR) is 86.0 cm³/mol. The van der Waals surface area contributed by atoms with E-state index in [4.69, 9.17) is 5.73 Å². The van der Waals surface area contributed by atoms with E-state index in [2.05, 4.69) is 17.2 Å². The van der Waals surface area contributed by atoms with Crippen molar-refractivity contribution in [2.45, 2.75) is 19.8 Å². The Kier molecular flexibility index (Phi) is 5.47. The molecule has 0 spiro atoms. The van der Waals surface area contributed by atoms with E-state index < -0.39 is 11.6 Å². The first-order valence-electron chi connectivity index (χ1n) is 7.19. The third-order valence-electron chi connectivity index (χ3n) is 3.34. The van der Waals surface area contributed by atoms with Gasteiger partial charge in [-0.3, -0.25) is 4.99 Å². The van der Waals surface area contributed by atoms with E-state index in [-0.39, 0.29) is 24.5 Å². The average Bonchev–Trinajstić information content (AvgIpc) is 2.51. The normalized spacial score (nSPS) is 11.5. The van der Waals surface area contributed by atoms with Crippen molar-refractivity contribution in [2.75, 3.05) is 11.9 Å². The molecular weight excluding hydrogens is 284 g/mol. The van der Waals surface area contributed by atoms with Crippen LogP contribution in [0.3, 0.4) is 0 Å². The summed E-state index contributed by atoms with van der Waals surface area (Å²) in [4.78, 5) is 4.09. The molecule has 0 amide bonds. The summed E-state index contributed by atoms with van der Waals surface area (Å²) in [5.74, 6) is -0.894. The maximum atomic E-state index is 13.5. The van der Waals surface area contributed by atoms with Gasteiger partial charge in [-0.05, 0) is 42.7 Å². The molecule has 0 bridgehead atoms. The van der Waals surface area contributed by atoms with Gasteiger partial charge in [-0.2, -0.15) is 0 Å². The molecule has 116 valence electrons. The van der Waals surface area contributed by atoms with Crippen molar-refractivity contribution < 1.29 is 8.78 Å². The van der Waals surface area contributed by atoms with Crippen LogP contribution in [0.15, 0.2) is 47.5 Å². The van der Waals surface area contributed by atoms with Gasteiger partial charge in [0.05, 0.1) is 0 Å². The fourth-order valence-electron chi connectivity index (χ4n) is 2.07. The van der Waals surface area contributed by atoms with Gasteiger partial charge in [0.1, 0.15) is 11.6 Å². The average molecular weight is 303 g/mol. The fraction of sp³-hybridized carbons (Fsp3) is 0.235. The van der Waals surface area contributed by atoms with Gasteiger partial charge in [0, 0.05) is 17.8 Å². The SMILES string of the molecule is CCc1ccc(NC(N)=NCCc2c(F)cccc2F)cc1. The van der Waals surface area contributed by atoms with Crippen molar-refractivity contribution in [1.29, 1.82) is 0 Å². The van der Waals surface area contributed by atoms with Crippen LogP contribution in [0, 0.1) is 11.6 Å². The molecule has 0 atom stereocenters. The Morgan fingerprint density at radius 3 is 2.32 bits per heavy atom. The minimum Gasteiger partial charge on any atom is -0.370 e. The summed E-state index contributed by atoms with van der Waals surface area (Å²) in [5, 5.41) is 2.95. The van der Waals surface area contributed by atoms with Gasteiger partial charge in [0.15, 0.2) is 5.96 Å². The first kappa shape index (κ1) is 15.9. The summed E-state index contributed by atoms with van der Waals surface area (Å²) in [5.41, 5.74) is 7.86. The molecule has 3 nitrogen and oxygen atoms in total. The quantitative estimate of drug-likeness (QED) is 0.656. The van der Waals surface area contributed by atoms with Crippen LogP contribution in [0.25, 0.3) is 0 Å². The van der Waals surface area contributed by atoms with Gasteiger partial charge in [-0.1, -0.05) is 25.1 Å². The van der Waals surface area contributed by atoms with Crippen LogP contribution < -0.4 is 11.1 Å². The predicted octanol–water partition coefficient (Wildman–Crippen LogP) is 3.50. The maximum Gasteiger partial charge on any atom is 0.193 e. The van der Waals surface area contributed by atoms with Gasteiger partial charge < -0.3 is 11.1 Å². The van der Waals surface area contributed by atoms with Gasteiger partial charge in [0.2, 0.25) is 0 Å². The molecule has 0 aliphatic heterocycles. The fourth-order valence-corrected chi connectivity index (χ4v) is 2.07. The highest BCUT2D eigenvalue weighted by molar-refractivity contribution is 5.92. The van der Waals surface area contributed by atoms with Crippen molar-refractivity contribution in [3.05, 3.63) is 65.2 Å². The van der Waals surface area contributed by atoms with Gasteiger partial charge >= 0.3 is 0 Å².